The number of hydrogen-bond donors (Lipinski definition) is 1. The number of piperidine rings is 2. The molecule has 2 rings (SSSR count). The largest absolute Gasteiger partial charge is 0.480 e. The molecule has 0 aromatic rings. The summed E-state index contributed by atoms with van der Waals surface area (Å²) in [4.78, 5) is 25.8. The topological polar surface area (TPSA) is 95.0 Å². The van der Waals surface area contributed by atoms with Crippen molar-refractivity contribution in [2.24, 2.45) is 11.8 Å². The van der Waals surface area contributed by atoms with E-state index >= 15 is 0 Å². The molecule has 144 valence electrons. The first-order valence-electron chi connectivity index (χ1n) is 9.27. The normalized spacial score (nSPS) is 26.6. The third-order valence-corrected chi connectivity index (χ3v) is 7.34. The van der Waals surface area contributed by atoms with Gasteiger partial charge in [0.15, 0.2) is 0 Å². The van der Waals surface area contributed by atoms with Gasteiger partial charge in [0, 0.05) is 25.6 Å². The number of carboxylic acids is 1. The van der Waals surface area contributed by atoms with Crippen LogP contribution >= 0.6 is 0 Å². The fourth-order valence-corrected chi connectivity index (χ4v) is 5.39. The third kappa shape index (κ3) is 4.94. The fourth-order valence-electron chi connectivity index (χ4n) is 3.71. The Morgan fingerprint density at radius 3 is 2.32 bits per heavy atom. The van der Waals surface area contributed by atoms with Crippen LogP contribution in [0.3, 0.4) is 0 Å². The minimum absolute atomic E-state index is 0.120. The second-order valence-corrected chi connectivity index (χ2v) is 9.45. The molecule has 2 fully saturated rings. The second-order valence-electron chi connectivity index (χ2n) is 7.36. The van der Waals surface area contributed by atoms with Crippen LogP contribution in [0, 0.1) is 11.8 Å². The summed E-state index contributed by atoms with van der Waals surface area (Å²) in [6.07, 6.45) is 3.74. The molecule has 0 aromatic carbocycles. The summed E-state index contributed by atoms with van der Waals surface area (Å²) in [5.41, 5.74) is 0. The lowest BCUT2D eigenvalue weighted by Gasteiger charge is -2.39. The molecular formula is C17H30N2O5S. The van der Waals surface area contributed by atoms with Crippen LogP contribution in [-0.2, 0) is 19.6 Å². The van der Waals surface area contributed by atoms with Gasteiger partial charge < -0.3 is 10.0 Å². The SMILES string of the molecule is CCCCS(=O)(=O)N1CCC(C(=O)N2CCC(C)CC2C(=O)O)CC1. The number of likely N-dealkylation sites (tertiary alicyclic amines) is 1. The Hall–Kier alpha value is -1.15. The van der Waals surface area contributed by atoms with Gasteiger partial charge in [0.25, 0.3) is 0 Å². The van der Waals surface area contributed by atoms with Gasteiger partial charge in [0.1, 0.15) is 6.04 Å². The average Bonchev–Trinajstić information content (AvgIpc) is 2.59. The minimum Gasteiger partial charge on any atom is -0.480 e. The molecule has 2 aliphatic heterocycles. The van der Waals surface area contributed by atoms with Crippen LogP contribution < -0.4 is 0 Å². The molecule has 0 saturated carbocycles. The molecule has 2 aliphatic rings. The first-order valence-corrected chi connectivity index (χ1v) is 10.9. The van der Waals surface area contributed by atoms with Crippen LogP contribution in [-0.4, -0.2) is 66.0 Å². The van der Waals surface area contributed by atoms with E-state index in [0.29, 0.717) is 51.2 Å². The lowest BCUT2D eigenvalue weighted by Crippen LogP contribution is -2.53. The minimum atomic E-state index is -3.24. The molecule has 2 heterocycles. The van der Waals surface area contributed by atoms with Crippen molar-refractivity contribution in [1.29, 1.82) is 0 Å². The van der Waals surface area contributed by atoms with Crippen LogP contribution in [0.5, 0.6) is 0 Å². The Balaban J connectivity index is 1.95. The third-order valence-electron chi connectivity index (χ3n) is 5.39. The van der Waals surface area contributed by atoms with Crippen LogP contribution in [0.15, 0.2) is 0 Å². The highest BCUT2D eigenvalue weighted by Gasteiger charge is 2.39. The number of carboxylic acid groups (broad SMARTS) is 1. The predicted octanol–water partition coefficient (Wildman–Crippen LogP) is 1.54. The number of unbranched alkanes of at least 4 members (excludes halogenated alkanes) is 1. The van der Waals surface area contributed by atoms with E-state index in [1.807, 2.05) is 13.8 Å². The van der Waals surface area contributed by atoms with Crippen LogP contribution in [0.4, 0.5) is 0 Å². The zero-order chi connectivity index (χ0) is 18.6. The van der Waals surface area contributed by atoms with Gasteiger partial charge in [-0.25, -0.2) is 17.5 Å². The number of sulfonamides is 1. The van der Waals surface area contributed by atoms with E-state index in [1.165, 1.54) is 9.21 Å². The van der Waals surface area contributed by atoms with Gasteiger partial charge in [0.05, 0.1) is 5.75 Å². The number of hydrogen-bond acceptors (Lipinski definition) is 4. The molecule has 0 aromatic heterocycles. The van der Waals surface area contributed by atoms with Crippen LogP contribution in [0.1, 0.15) is 52.4 Å². The van der Waals surface area contributed by atoms with Gasteiger partial charge in [0.2, 0.25) is 15.9 Å². The first kappa shape index (κ1) is 20.2. The van der Waals surface area contributed by atoms with Gasteiger partial charge in [-0.15, -0.1) is 0 Å². The summed E-state index contributed by atoms with van der Waals surface area (Å²) >= 11 is 0. The van der Waals surface area contributed by atoms with Crippen molar-refractivity contribution < 1.29 is 23.1 Å². The van der Waals surface area contributed by atoms with Crippen LogP contribution in [0.25, 0.3) is 0 Å². The first-order chi connectivity index (χ1) is 11.8. The van der Waals surface area contributed by atoms with Crippen molar-refractivity contribution in [3.8, 4) is 0 Å². The molecule has 8 heteroatoms. The molecule has 0 radical (unpaired) electrons. The smallest absolute Gasteiger partial charge is 0.326 e. The Labute approximate surface area is 150 Å². The molecule has 25 heavy (non-hydrogen) atoms. The van der Waals surface area contributed by atoms with Crippen molar-refractivity contribution in [2.45, 2.75) is 58.4 Å². The van der Waals surface area contributed by atoms with Gasteiger partial charge in [-0.2, -0.15) is 0 Å². The number of carbonyl (C=O) groups is 2. The molecule has 1 amide bonds. The average molecular weight is 375 g/mol. The molecule has 2 atom stereocenters. The molecule has 7 nitrogen and oxygen atoms in total. The molecule has 2 unspecified atom stereocenters. The number of carbonyl (C=O) groups excluding carboxylic acids is 1. The summed E-state index contributed by atoms with van der Waals surface area (Å²) in [6.45, 7) is 5.15. The van der Waals surface area contributed by atoms with E-state index in [0.717, 1.165) is 12.8 Å². The Bertz CT molecular complexity index is 584. The maximum absolute atomic E-state index is 12.8. The number of rotatable bonds is 6. The van der Waals surface area contributed by atoms with Crippen molar-refractivity contribution in [3.63, 3.8) is 0 Å². The van der Waals surface area contributed by atoms with Gasteiger partial charge >= 0.3 is 5.97 Å². The summed E-state index contributed by atoms with van der Waals surface area (Å²) in [5.74, 6) is -0.874. The van der Waals surface area contributed by atoms with Crippen molar-refractivity contribution in [2.75, 3.05) is 25.4 Å². The molecule has 2 saturated heterocycles. The maximum atomic E-state index is 12.8. The molecule has 0 bridgehead atoms. The van der Waals surface area contributed by atoms with E-state index in [1.54, 1.807) is 0 Å². The molecule has 0 aliphatic carbocycles. The standard InChI is InChI=1S/C17H30N2O5S/c1-3-4-11-25(23,24)18-8-6-14(7-9-18)16(20)19-10-5-13(2)12-15(19)17(21)22/h13-15H,3-12H2,1-2H3,(H,21,22). The van der Waals surface area contributed by atoms with Crippen LogP contribution in [0.2, 0.25) is 0 Å². The lowest BCUT2D eigenvalue weighted by molar-refractivity contribution is -0.155. The maximum Gasteiger partial charge on any atom is 0.326 e. The monoisotopic (exact) mass is 374 g/mol. The van der Waals surface area contributed by atoms with E-state index in [-0.39, 0.29) is 17.6 Å². The quantitative estimate of drug-likeness (QED) is 0.761. The Morgan fingerprint density at radius 1 is 1.12 bits per heavy atom. The fraction of sp³-hybridized carbons (Fsp3) is 0.882. The predicted molar refractivity (Wildman–Crippen MR) is 94.5 cm³/mol. The van der Waals surface area contributed by atoms with Crippen molar-refractivity contribution in [3.05, 3.63) is 0 Å². The number of nitrogens with zero attached hydrogens (tertiary/aromatic N) is 2. The van der Waals surface area contributed by atoms with Gasteiger partial charge in [-0.05, 0) is 38.0 Å². The highest BCUT2D eigenvalue weighted by Crippen LogP contribution is 2.28. The molecule has 1 N–H and O–H groups in total. The van der Waals surface area contributed by atoms with E-state index < -0.39 is 22.0 Å². The summed E-state index contributed by atoms with van der Waals surface area (Å²) in [6, 6.07) is -0.748. The highest BCUT2D eigenvalue weighted by molar-refractivity contribution is 7.89. The Morgan fingerprint density at radius 2 is 1.76 bits per heavy atom. The number of aliphatic carboxylic acids is 1. The second kappa shape index (κ2) is 8.49. The lowest BCUT2D eigenvalue weighted by atomic mass is 9.89. The van der Waals surface area contributed by atoms with E-state index in [9.17, 15) is 23.1 Å². The number of amides is 1. The van der Waals surface area contributed by atoms with Crippen molar-refractivity contribution in [1.82, 2.24) is 9.21 Å². The zero-order valence-corrected chi connectivity index (χ0v) is 16.0. The highest BCUT2D eigenvalue weighted by atomic mass is 32.2. The Kier molecular flexibility index (Phi) is 6.85. The van der Waals surface area contributed by atoms with E-state index in [2.05, 4.69) is 0 Å². The summed E-state index contributed by atoms with van der Waals surface area (Å²) in [7, 11) is -3.24. The van der Waals surface area contributed by atoms with Gasteiger partial charge in [-0.3, -0.25) is 4.79 Å². The summed E-state index contributed by atoms with van der Waals surface area (Å²) < 4.78 is 26.0. The zero-order valence-electron chi connectivity index (χ0n) is 15.2. The molecular weight excluding hydrogens is 344 g/mol. The van der Waals surface area contributed by atoms with Crippen molar-refractivity contribution >= 4 is 21.9 Å². The van der Waals surface area contributed by atoms with Gasteiger partial charge in [-0.1, -0.05) is 20.3 Å². The molecule has 0 spiro atoms. The summed E-state index contributed by atoms with van der Waals surface area (Å²) in [5, 5.41) is 9.42. The van der Waals surface area contributed by atoms with E-state index in [4.69, 9.17) is 0 Å².